The molecular formula is C15H23N5O2. The summed E-state index contributed by atoms with van der Waals surface area (Å²) in [5.41, 5.74) is 0. The van der Waals surface area contributed by atoms with Crippen molar-refractivity contribution in [1.29, 1.82) is 0 Å². The number of ether oxygens (including phenoxy) is 1. The van der Waals surface area contributed by atoms with Gasteiger partial charge in [0.25, 0.3) is 0 Å². The SMILES string of the molecule is CCNc1ccc(N2CCN(C(=O)C3CCOC3)CC2)nn1. The van der Waals surface area contributed by atoms with Crippen molar-refractivity contribution >= 4 is 17.5 Å². The van der Waals surface area contributed by atoms with Gasteiger partial charge in [-0.2, -0.15) is 0 Å². The minimum atomic E-state index is 0.0609. The van der Waals surface area contributed by atoms with Crippen molar-refractivity contribution in [3.63, 3.8) is 0 Å². The molecule has 2 saturated heterocycles. The predicted molar refractivity (Wildman–Crippen MR) is 83.9 cm³/mol. The Morgan fingerprint density at radius 3 is 2.73 bits per heavy atom. The zero-order chi connectivity index (χ0) is 15.4. The normalized spacial score (nSPS) is 22.0. The molecule has 120 valence electrons. The summed E-state index contributed by atoms with van der Waals surface area (Å²) in [5, 5.41) is 11.6. The highest BCUT2D eigenvalue weighted by Crippen LogP contribution is 2.19. The summed E-state index contributed by atoms with van der Waals surface area (Å²) in [6, 6.07) is 3.92. The number of carbonyl (C=O) groups excluding carboxylic acids is 1. The van der Waals surface area contributed by atoms with Crippen LogP contribution in [0.5, 0.6) is 0 Å². The number of nitrogens with one attached hydrogen (secondary N) is 1. The zero-order valence-corrected chi connectivity index (χ0v) is 13.0. The molecule has 0 aromatic carbocycles. The van der Waals surface area contributed by atoms with E-state index in [4.69, 9.17) is 4.74 Å². The summed E-state index contributed by atoms with van der Waals surface area (Å²) < 4.78 is 5.31. The van der Waals surface area contributed by atoms with Gasteiger partial charge in [0.05, 0.1) is 12.5 Å². The van der Waals surface area contributed by atoms with Gasteiger partial charge in [-0.25, -0.2) is 0 Å². The van der Waals surface area contributed by atoms with E-state index in [0.717, 1.165) is 50.8 Å². The molecule has 1 N–H and O–H groups in total. The first-order valence-corrected chi connectivity index (χ1v) is 7.97. The van der Waals surface area contributed by atoms with Gasteiger partial charge < -0.3 is 19.9 Å². The van der Waals surface area contributed by atoms with Crippen molar-refractivity contribution in [3.8, 4) is 0 Å². The van der Waals surface area contributed by atoms with Gasteiger partial charge in [0.2, 0.25) is 5.91 Å². The molecule has 2 fully saturated rings. The van der Waals surface area contributed by atoms with Gasteiger partial charge in [0.1, 0.15) is 5.82 Å². The molecule has 2 aliphatic rings. The number of anilines is 2. The molecule has 1 unspecified atom stereocenters. The molecular weight excluding hydrogens is 282 g/mol. The minimum absolute atomic E-state index is 0.0609. The summed E-state index contributed by atoms with van der Waals surface area (Å²) in [6.45, 7) is 7.24. The number of amides is 1. The molecule has 1 atom stereocenters. The van der Waals surface area contributed by atoms with Crippen LogP contribution in [-0.2, 0) is 9.53 Å². The molecule has 0 spiro atoms. The summed E-state index contributed by atoms with van der Waals surface area (Å²) in [5.74, 6) is 1.97. The molecule has 3 rings (SSSR count). The number of nitrogens with zero attached hydrogens (tertiary/aromatic N) is 4. The zero-order valence-electron chi connectivity index (χ0n) is 13.0. The van der Waals surface area contributed by atoms with Crippen molar-refractivity contribution in [2.24, 2.45) is 5.92 Å². The van der Waals surface area contributed by atoms with E-state index >= 15 is 0 Å². The second-order valence-corrected chi connectivity index (χ2v) is 5.68. The topological polar surface area (TPSA) is 70.6 Å². The van der Waals surface area contributed by atoms with E-state index in [1.807, 2.05) is 24.0 Å². The van der Waals surface area contributed by atoms with E-state index in [1.54, 1.807) is 0 Å². The maximum atomic E-state index is 12.4. The molecule has 1 aromatic rings. The number of hydrogen-bond acceptors (Lipinski definition) is 6. The maximum Gasteiger partial charge on any atom is 0.228 e. The Bertz CT molecular complexity index is 493. The average molecular weight is 305 g/mol. The summed E-state index contributed by atoms with van der Waals surface area (Å²) in [7, 11) is 0. The van der Waals surface area contributed by atoms with Gasteiger partial charge >= 0.3 is 0 Å². The summed E-state index contributed by atoms with van der Waals surface area (Å²) in [4.78, 5) is 16.5. The first-order chi connectivity index (χ1) is 10.8. The Morgan fingerprint density at radius 2 is 2.14 bits per heavy atom. The second kappa shape index (κ2) is 6.91. The molecule has 0 aliphatic carbocycles. The number of rotatable bonds is 4. The van der Waals surface area contributed by atoms with Crippen LogP contribution in [0.2, 0.25) is 0 Å². The molecule has 22 heavy (non-hydrogen) atoms. The average Bonchev–Trinajstić information content (AvgIpc) is 3.10. The van der Waals surface area contributed by atoms with Crippen molar-refractivity contribution in [2.75, 3.05) is 56.2 Å². The van der Waals surface area contributed by atoms with E-state index in [2.05, 4.69) is 20.4 Å². The van der Waals surface area contributed by atoms with E-state index in [-0.39, 0.29) is 11.8 Å². The van der Waals surface area contributed by atoms with Gasteiger partial charge in [-0.3, -0.25) is 4.79 Å². The third kappa shape index (κ3) is 3.30. The quantitative estimate of drug-likeness (QED) is 0.878. The smallest absolute Gasteiger partial charge is 0.228 e. The van der Waals surface area contributed by atoms with Crippen LogP contribution in [0.4, 0.5) is 11.6 Å². The number of hydrogen-bond donors (Lipinski definition) is 1. The molecule has 7 heteroatoms. The fourth-order valence-electron chi connectivity index (χ4n) is 2.91. The Balaban J connectivity index is 1.53. The van der Waals surface area contributed by atoms with E-state index in [0.29, 0.717) is 13.2 Å². The molecule has 1 amide bonds. The molecule has 2 aliphatic heterocycles. The third-order valence-electron chi connectivity index (χ3n) is 4.20. The Hall–Kier alpha value is -1.89. The number of carbonyl (C=O) groups is 1. The Kier molecular flexibility index (Phi) is 4.72. The van der Waals surface area contributed by atoms with Gasteiger partial charge in [-0.15, -0.1) is 10.2 Å². The second-order valence-electron chi connectivity index (χ2n) is 5.68. The summed E-state index contributed by atoms with van der Waals surface area (Å²) in [6.07, 6.45) is 0.858. The molecule has 3 heterocycles. The van der Waals surface area contributed by atoms with Crippen LogP contribution < -0.4 is 10.2 Å². The van der Waals surface area contributed by atoms with Crippen LogP contribution in [0.1, 0.15) is 13.3 Å². The van der Waals surface area contributed by atoms with Crippen LogP contribution in [0.25, 0.3) is 0 Å². The largest absolute Gasteiger partial charge is 0.381 e. The fraction of sp³-hybridized carbons (Fsp3) is 0.667. The summed E-state index contributed by atoms with van der Waals surface area (Å²) >= 11 is 0. The van der Waals surface area contributed by atoms with Crippen molar-refractivity contribution in [1.82, 2.24) is 15.1 Å². The van der Waals surface area contributed by atoms with Crippen LogP contribution in [-0.4, -0.2) is 66.9 Å². The number of aromatic nitrogens is 2. The maximum absolute atomic E-state index is 12.4. The molecule has 0 radical (unpaired) electrons. The van der Waals surface area contributed by atoms with Gasteiger partial charge in [0.15, 0.2) is 5.82 Å². The lowest BCUT2D eigenvalue weighted by molar-refractivity contribution is -0.135. The molecule has 0 saturated carbocycles. The highest BCUT2D eigenvalue weighted by Gasteiger charge is 2.30. The standard InChI is InChI=1S/C15H23N5O2/c1-2-16-13-3-4-14(18-17-13)19-6-8-20(9-7-19)15(21)12-5-10-22-11-12/h3-4,12H,2,5-11H2,1H3,(H,16,17). The minimum Gasteiger partial charge on any atom is -0.381 e. The molecule has 0 bridgehead atoms. The van der Waals surface area contributed by atoms with E-state index in [1.165, 1.54) is 0 Å². The van der Waals surface area contributed by atoms with Gasteiger partial charge in [-0.1, -0.05) is 0 Å². The highest BCUT2D eigenvalue weighted by molar-refractivity contribution is 5.79. The van der Waals surface area contributed by atoms with Gasteiger partial charge in [-0.05, 0) is 25.5 Å². The highest BCUT2D eigenvalue weighted by atomic mass is 16.5. The van der Waals surface area contributed by atoms with Crippen molar-refractivity contribution in [3.05, 3.63) is 12.1 Å². The Labute approximate surface area is 130 Å². The van der Waals surface area contributed by atoms with Crippen molar-refractivity contribution < 1.29 is 9.53 Å². The van der Waals surface area contributed by atoms with E-state index in [9.17, 15) is 4.79 Å². The Morgan fingerprint density at radius 1 is 1.32 bits per heavy atom. The first kappa shape index (κ1) is 15.0. The molecule has 1 aromatic heterocycles. The molecule has 7 nitrogen and oxygen atoms in total. The number of piperazine rings is 1. The van der Waals surface area contributed by atoms with Crippen molar-refractivity contribution in [2.45, 2.75) is 13.3 Å². The third-order valence-corrected chi connectivity index (χ3v) is 4.20. The van der Waals surface area contributed by atoms with E-state index < -0.39 is 0 Å². The lowest BCUT2D eigenvalue weighted by atomic mass is 10.1. The monoisotopic (exact) mass is 305 g/mol. The van der Waals surface area contributed by atoms with Crippen LogP contribution in [0, 0.1) is 5.92 Å². The lowest BCUT2D eigenvalue weighted by Crippen LogP contribution is -2.50. The lowest BCUT2D eigenvalue weighted by Gasteiger charge is -2.36. The van der Waals surface area contributed by atoms with Crippen LogP contribution in [0.15, 0.2) is 12.1 Å². The fourth-order valence-corrected chi connectivity index (χ4v) is 2.91. The van der Waals surface area contributed by atoms with Crippen LogP contribution in [0.3, 0.4) is 0 Å². The first-order valence-electron chi connectivity index (χ1n) is 7.97. The van der Waals surface area contributed by atoms with Gasteiger partial charge in [0, 0.05) is 39.3 Å². The predicted octanol–water partition coefficient (Wildman–Crippen LogP) is 0.593. The van der Waals surface area contributed by atoms with Crippen LogP contribution >= 0.6 is 0 Å².